The Bertz CT molecular complexity index is 1040. The van der Waals surface area contributed by atoms with E-state index in [-0.39, 0.29) is 5.97 Å². The summed E-state index contributed by atoms with van der Waals surface area (Å²) >= 11 is 0. The average Bonchev–Trinajstić information content (AvgIpc) is 2.83. The van der Waals surface area contributed by atoms with Crippen molar-refractivity contribution in [3.8, 4) is 0 Å². The van der Waals surface area contributed by atoms with E-state index < -0.39 is 0 Å². The topological polar surface area (TPSA) is 36.7 Å². The Labute approximate surface area is 211 Å². The van der Waals surface area contributed by atoms with Crippen molar-refractivity contribution in [1.82, 2.24) is 0 Å². The number of carbonyl (C=O) groups excluding carboxylic acids is 1. The molecular weight excluding hydrogens is 434 g/mol. The van der Waals surface area contributed by atoms with Crippen LogP contribution in [0.4, 0.5) is 11.4 Å². The van der Waals surface area contributed by atoms with Gasteiger partial charge in [0.05, 0.1) is 6.61 Å². The fourth-order valence-electron chi connectivity index (χ4n) is 4.70. The molecule has 3 rings (SSSR count). The van der Waals surface area contributed by atoms with Gasteiger partial charge in [-0.1, -0.05) is 38.5 Å². The van der Waals surface area contributed by atoms with E-state index in [0.717, 1.165) is 19.4 Å². The largest absolute Gasteiger partial charge is 0.466 e. The lowest BCUT2D eigenvalue weighted by Crippen LogP contribution is -2.36. The standard InChI is InChI=1S/C30H44N3O2/c1-24(34)35-20-14-12-10-8-6-7-9-11-13-19-33-29-22-27(31(2)3)17-15-25(29)21-26-16-18-28(32(4)5)23-30(26)33/h15-18,21-23H,6-14,19-20H2,1-5H3/q+1. The van der Waals surface area contributed by atoms with Crippen LogP contribution in [0.3, 0.4) is 0 Å². The van der Waals surface area contributed by atoms with Gasteiger partial charge in [0.25, 0.3) is 0 Å². The van der Waals surface area contributed by atoms with Gasteiger partial charge in [0.15, 0.2) is 0 Å². The molecule has 0 radical (unpaired) electrons. The second-order valence-corrected chi connectivity index (χ2v) is 10.1. The summed E-state index contributed by atoms with van der Waals surface area (Å²) in [6.45, 7) is 3.09. The quantitative estimate of drug-likeness (QED) is 0.115. The van der Waals surface area contributed by atoms with E-state index in [4.69, 9.17) is 4.74 Å². The lowest BCUT2D eigenvalue weighted by molar-refractivity contribution is -0.645. The zero-order valence-electron chi connectivity index (χ0n) is 22.5. The number of nitrogens with zero attached hydrogens (tertiary/aromatic N) is 3. The highest BCUT2D eigenvalue weighted by Gasteiger charge is 2.17. The normalized spacial score (nSPS) is 11.2. The molecule has 1 heterocycles. The second-order valence-electron chi connectivity index (χ2n) is 10.1. The number of hydrogen-bond acceptors (Lipinski definition) is 4. The number of hydrogen-bond donors (Lipinski definition) is 0. The maximum atomic E-state index is 10.8. The number of ether oxygens (including phenoxy) is 1. The van der Waals surface area contributed by atoms with E-state index in [1.165, 1.54) is 85.1 Å². The summed E-state index contributed by atoms with van der Waals surface area (Å²) < 4.78 is 7.53. The third-order valence-corrected chi connectivity index (χ3v) is 6.78. The van der Waals surface area contributed by atoms with Gasteiger partial charge in [0.1, 0.15) is 6.54 Å². The molecule has 3 aromatic rings. The number of pyridine rings is 1. The number of aromatic nitrogens is 1. The summed E-state index contributed by atoms with van der Waals surface area (Å²) in [5, 5.41) is 2.60. The molecule has 0 saturated heterocycles. The van der Waals surface area contributed by atoms with Crippen molar-refractivity contribution in [3.63, 3.8) is 0 Å². The lowest BCUT2D eigenvalue weighted by Gasteiger charge is -2.15. The van der Waals surface area contributed by atoms with Crippen LogP contribution in [0.25, 0.3) is 21.8 Å². The van der Waals surface area contributed by atoms with Gasteiger partial charge in [0, 0.05) is 75.8 Å². The number of unbranched alkanes of at least 4 members (excludes halogenated alkanes) is 8. The van der Waals surface area contributed by atoms with Gasteiger partial charge in [-0.15, -0.1) is 0 Å². The first-order chi connectivity index (χ1) is 16.9. The summed E-state index contributed by atoms with van der Waals surface area (Å²) in [7, 11) is 8.43. The minimum Gasteiger partial charge on any atom is -0.466 e. The van der Waals surface area contributed by atoms with Crippen molar-refractivity contribution in [1.29, 1.82) is 0 Å². The van der Waals surface area contributed by atoms with E-state index in [2.05, 4.69) is 85.0 Å². The summed E-state index contributed by atoms with van der Waals surface area (Å²) in [5.74, 6) is -0.170. The van der Waals surface area contributed by atoms with Crippen LogP contribution in [0, 0.1) is 0 Å². The maximum Gasteiger partial charge on any atom is 0.302 e. The van der Waals surface area contributed by atoms with E-state index in [1.807, 2.05) is 0 Å². The molecule has 2 aromatic carbocycles. The monoisotopic (exact) mass is 478 g/mol. The van der Waals surface area contributed by atoms with Crippen molar-refractivity contribution in [2.24, 2.45) is 0 Å². The molecule has 35 heavy (non-hydrogen) atoms. The Balaban J connectivity index is 1.59. The fraction of sp³-hybridized carbons (Fsp3) is 0.533. The zero-order chi connectivity index (χ0) is 25.2. The molecule has 190 valence electrons. The number of esters is 1. The van der Waals surface area contributed by atoms with Crippen LogP contribution in [-0.4, -0.2) is 40.8 Å². The van der Waals surface area contributed by atoms with Gasteiger partial charge in [-0.25, -0.2) is 0 Å². The zero-order valence-corrected chi connectivity index (χ0v) is 22.5. The molecular formula is C30H44N3O2+. The molecule has 5 heteroatoms. The maximum absolute atomic E-state index is 10.8. The molecule has 0 aliphatic heterocycles. The third-order valence-electron chi connectivity index (χ3n) is 6.78. The van der Waals surface area contributed by atoms with Crippen LogP contribution >= 0.6 is 0 Å². The number of aryl methyl sites for hydroxylation is 1. The number of rotatable bonds is 14. The molecule has 0 fully saturated rings. The van der Waals surface area contributed by atoms with Crippen molar-refractivity contribution >= 4 is 39.1 Å². The highest BCUT2D eigenvalue weighted by molar-refractivity contribution is 5.91. The minimum absolute atomic E-state index is 0.170. The van der Waals surface area contributed by atoms with E-state index in [9.17, 15) is 4.79 Å². The summed E-state index contributed by atoms with van der Waals surface area (Å²) in [4.78, 5) is 15.1. The Morgan fingerprint density at radius 2 is 1.14 bits per heavy atom. The molecule has 0 spiro atoms. The minimum atomic E-state index is -0.170. The van der Waals surface area contributed by atoms with E-state index >= 15 is 0 Å². The predicted molar refractivity (Wildman–Crippen MR) is 148 cm³/mol. The van der Waals surface area contributed by atoms with Crippen LogP contribution in [-0.2, 0) is 16.1 Å². The number of benzene rings is 2. The highest BCUT2D eigenvalue weighted by atomic mass is 16.5. The van der Waals surface area contributed by atoms with Crippen molar-refractivity contribution in [2.45, 2.75) is 71.3 Å². The van der Waals surface area contributed by atoms with Crippen LogP contribution in [0.2, 0.25) is 0 Å². The van der Waals surface area contributed by atoms with E-state index in [0.29, 0.717) is 6.61 Å². The SMILES string of the molecule is CC(=O)OCCCCCCCCCCC[n+]1c2cc(N(C)C)ccc2cc2ccc(N(C)C)cc21. The van der Waals surface area contributed by atoms with Gasteiger partial charge < -0.3 is 14.5 Å². The van der Waals surface area contributed by atoms with Crippen molar-refractivity contribution < 1.29 is 14.1 Å². The van der Waals surface area contributed by atoms with Gasteiger partial charge >= 0.3 is 5.97 Å². The van der Waals surface area contributed by atoms with Gasteiger partial charge in [-0.2, -0.15) is 4.57 Å². The first kappa shape index (κ1) is 26.8. The first-order valence-electron chi connectivity index (χ1n) is 13.2. The average molecular weight is 479 g/mol. The number of anilines is 2. The Morgan fingerprint density at radius 1 is 0.686 bits per heavy atom. The number of carbonyl (C=O) groups is 1. The summed E-state index contributed by atoms with van der Waals surface area (Å²) in [5.41, 5.74) is 5.10. The Hall–Kier alpha value is -2.82. The van der Waals surface area contributed by atoms with E-state index in [1.54, 1.807) is 0 Å². The smallest absolute Gasteiger partial charge is 0.302 e. The molecule has 0 bridgehead atoms. The second kappa shape index (κ2) is 13.3. The molecule has 0 aliphatic rings. The van der Waals surface area contributed by atoms with Crippen LogP contribution in [0.15, 0.2) is 42.5 Å². The fourth-order valence-corrected chi connectivity index (χ4v) is 4.70. The summed E-state index contributed by atoms with van der Waals surface area (Å²) in [6, 6.07) is 15.9. The van der Waals surface area contributed by atoms with Gasteiger partial charge in [0.2, 0.25) is 11.0 Å². The highest BCUT2D eigenvalue weighted by Crippen LogP contribution is 2.25. The van der Waals surface area contributed by atoms with Crippen LogP contribution in [0.5, 0.6) is 0 Å². The Kier molecular flexibility index (Phi) is 10.2. The van der Waals surface area contributed by atoms with Gasteiger partial charge in [-0.3, -0.25) is 4.79 Å². The first-order valence-corrected chi connectivity index (χ1v) is 13.2. The molecule has 0 amide bonds. The van der Waals surface area contributed by atoms with Crippen molar-refractivity contribution in [3.05, 3.63) is 42.5 Å². The molecule has 0 unspecified atom stereocenters. The lowest BCUT2D eigenvalue weighted by atomic mass is 10.1. The molecule has 0 aliphatic carbocycles. The predicted octanol–water partition coefficient (Wildman–Crippen LogP) is 6.49. The van der Waals surface area contributed by atoms with Crippen molar-refractivity contribution in [2.75, 3.05) is 44.6 Å². The van der Waals surface area contributed by atoms with Gasteiger partial charge in [-0.05, 0) is 43.2 Å². The molecule has 1 aromatic heterocycles. The molecule has 0 N–H and O–H groups in total. The summed E-state index contributed by atoms with van der Waals surface area (Å²) in [6.07, 6.45) is 11.0. The third kappa shape index (κ3) is 7.84. The Morgan fingerprint density at radius 3 is 1.60 bits per heavy atom. The molecule has 5 nitrogen and oxygen atoms in total. The number of fused-ring (bicyclic) bond motifs is 2. The van der Waals surface area contributed by atoms with Crippen LogP contribution < -0.4 is 14.4 Å². The molecule has 0 atom stereocenters. The molecule has 0 saturated carbocycles. The van der Waals surface area contributed by atoms with Crippen LogP contribution in [0.1, 0.15) is 64.7 Å².